The molecule has 2 aliphatic rings. The molecule has 5 nitrogen and oxygen atoms in total. The van der Waals surface area contributed by atoms with Gasteiger partial charge in [0.05, 0.1) is 0 Å². The Morgan fingerprint density at radius 3 is 2.39 bits per heavy atom. The molecule has 0 aromatic rings. The fraction of sp³-hybridized carbons (Fsp3) is 0.846. The van der Waals surface area contributed by atoms with Gasteiger partial charge in [0.15, 0.2) is 0 Å². The predicted molar refractivity (Wildman–Crippen MR) is 67.2 cm³/mol. The Morgan fingerprint density at radius 1 is 1.28 bits per heavy atom. The Balaban J connectivity index is 2.06. The smallest absolute Gasteiger partial charge is 0.319 e. The van der Waals surface area contributed by atoms with Gasteiger partial charge < -0.3 is 14.9 Å². The molecule has 0 aromatic heterocycles. The van der Waals surface area contributed by atoms with Crippen LogP contribution in [0.3, 0.4) is 0 Å². The molecular formula is C13H22N2O3. The molecule has 0 spiro atoms. The zero-order chi connectivity index (χ0) is 13.3. The molecule has 1 N–H and O–H groups in total. The minimum Gasteiger partial charge on any atom is -0.480 e. The van der Waals surface area contributed by atoms with Crippen molar-refractivity contribution in [1.82, 2.24) is 9.80 Å². The maximum atomic E-state index is 12.4. The first-order valence-electron chi connectivity index (χ1n) is 6.66. The van der Waals surface area contributed by atoms with E-state index in [1.54, 1.807) is 4.90 Å². The summed E-state index contributed by atoms with van der Waals surface area (Å²) in [6.07, 6.45) is 3.90. The summed E-state index contributed by atoms with van der Waals surface area (Å²) in [6.45, 7) is 1.37. The van der Waals surface area contributed by atoms with Gasteiger partial charge in [0.2, 0.25) is 5.91 Å². The molecule has 1 saturated carbocycles. The molecular weight excluding hydrogens is 232 g/mol. The number of aliphatic carboxylic acids is 1. The first-order chi connectivity index (χ1) is 8.47. The summed E-state index contributed by atoms with van der Waals surface area (Å²) in [5.41, 5.74) is -1.10. The van der Waals surface area contributed by atoms with Crippen LogP contribution < -0.4 is 0 Å². The van der Waals surface area contributed by atoms with Crippen LogP contribution in [0, 0.1) is 5.41 Å². The molecule has 1 aliphatic heterocycles. The van der Waals surface area contributed by atoms with E-state index >= 15 is 0 Å². The molecule has 1 saturated heterocycles. The third-order valence-corrected chi connectivity index (χ3v) is 4.44. The summed E-state index contributed by atoms with van der Waals surface area (Å²) in [6, 6.07) is 0.355. The number of piperidine rings is 1. The lowest BCUT2D eigenvalue weighted by Crippen LogP contribution is -2.56. The molecule has 1 atom stereocenters. The predicted octanol–water partition coefficient (Wildman–Crippen LogP) is 0.794. The van der Waals surface area contributed by atoms with E-state index in [0.717, 1.165) is 19.3 Å². The van der Waals surface area contributed by atoms with E-state index in [0.29, 0.717) is 32.0 Å². The molecule has 18 heavy (non-hydrogen) atoms. The van der Waals surface area contributed by atoms with Crippen molar-refractivity contribution < 1.29 is 14.7 Å². The van der Waals surface area contributed by atoms with Crippen molar-refractivity contribution in [3.05, 3.63) is 0 Å². The third-order valence-electron chi connectivity index (χ3n) is 4.44. The largest absolute Gasteiger partial charge is 0.480 e. The second-order valence-corrected chi connectivity index (χ2v) is 5.75. The highest BCUT2D eigenvalue weighted by molar-refractivity contribution is 6.02. The number of nitrogens with zero attached hydrogens (tertiary/aromatic N) is 2. The van der Waals surface area contributed by atoms with Crippen molar-refractivity contribution in [2.45, 2.75) is 38.1 Å². The second-order valence-electron chi connectivity index (χ2n) is 5.75. The lowest BCUT2D eigenvalue weighted by Gasteiger charge is -2.43. The van der Waals surface area contributed by atoms with Crippen LogP contribution in [-0.2, 0) is 9.59 Å². The minimum absolute atomic E-state index is 0.159. The van der Waals surface area contributed by atoms with Crippen molar-refractivity contribution in [3.8, 4) is 0 Å². The van der Waals surface area contributed by atoms with Crippen LogP contribution in [0.2, 0.25) is 0 Å². The SMILES string of the molecule is CN(C)C1CCCN(C(=O)C2(C(=O)O)CCC2)C1. The molecule has 5 heteroatoms. The van der Waals surface area contributed by atoms with Crippen molar-refractivity contribution in [2.24, 2.45) is 5.41 Å². The van der Waals surface area contributed by atoms with E-state index < -0.39 is 11.4 Å². The summed E-state index contributed by atoms with van der Waals surface area (Å²) in [5, 5.41) is 9.30. The lowest BCUT2D eigenvalue weighted by molar-refractivity contribution is -0.168. The van der Waals surface area contributed by atoms with Gasteiger partial charge in [-0.25, -0.2) is 0 Å². The summed E-state index contributed by atoms with van der Waals surface area (Å²) < 4.78 is 0. The third kappa shape index (κ3) is 2.11. The monoisotopic (exact) mass is 254 g/mol. The molecule has 102 valence electrons. The van der Waals surface area contributed by atoms with Gasteiger partial charge in [-0.1, -0.05) is 6.42 Å². The van der Waals surface area contributed by atoms with Crippen molar-refractivity contribution >= 4 is 11.9 Å². The van der Waals surface area contributed by atoms with E-state index in [1.807, 2.05) is 14.1 Å². The van der Waals surface area contributed by atoms with Crippen LogP contribution in [-0.4, -0.2) is 60.0 Å². The summed E-state index contributed by atoms with van der Waals surface area (Å²) in [4.78, 5) is 27.7. The van der Waals surface area contributed by atoms with Crippen LogP contribution in [0.15, 0.2) is 0 Å². The minimum atomic E-state index is -1.10. The number of carboxylic acids is 1. The summed E-state index contributed by atoms with van der Waals surface area (Å²) in [7, 11) is 4.02. The Labute approximate surface area is 108 Å². The number of rotatable bonds is 3. The fourth-order valence-electron chi connectivity index (χ4n) is 2.91. The van der Waals surface area contributed by atoms with Crippen molar-refractivity contribution in [2.75, 3.05) is 27.2 Å². The zero-order valence-corrected chi connectivity index (χ0v) is 11.2. The average molecular weight is 254 g/mol. The number of hydrogen-bond acceptors (Lipinski definition) is 3. The highest BCUT2D eigenvalue weighted by Gasteiger charge is 2.53. The van der Waals surface area contributed by atoms with Crippen molar-refractivity contribution in [1.29, 1.82) is 0 Å². The van der Waals surface area contributed by atoms with Crippen LogP contribution >= 0.6 is 0 Å². The van der Waals surface area contributed by atoms with Gasteiger partial charge in [-0.15, -0.1) is 0 Å². The molecule has 1 aliphatic carbocycles. The van der Waals surface area contributed by atoms with Crippen LogP contribution in [0.1, 0.15) is 32.1 Å². The van der Waals surface area contributed by atoms with E-state index in [4.69, 9.17) is 0 Å². The lowest BCUT2D eigenvalue weighted by atomic mass is 9.67. The Bertz CT molecular complexity index is 350. The fourth-order valence-corrected chi connectivity index (χ4v) is 2.91. The molecule has 0 radical (unpaired) electrons. The van der Waals surface area contributed by atoms with E-state index in [1.165, 1.54) is 0 Å². The van der Waals surface area contributed by atoms with E-state index in [2.05, 4.69) is 4.90 Å². The van der Waals surface area contributed by atoms with Gasteiger partial charge in [0, 0.05) is 19.1 Å². The standard InChI is InChI=1S/C13H22N2O3/c1-14(2)10-5-3-8-15(9-10)11(16)13(12(17)18)6-4-7-13/h10H,3-9H2,1-2H3,(H,17,18). The van der Waals surface area contributed by atoms with E-state index in [9.17, 15) is 14.7 Å². The van der Waals surface area contributed by atoms with Gasteiger partial charge in [-0.2, -0.15) is 0 Å². The number of amides is 1. The Morgan fingerprint density at radius 2 is 1.94 bits per heavy atom. The molecule has 0 bridgehead atoms. The number of carboxylic acid groups (broad SMARTS) is 1. The second kappa shape index (κ2) is 4.88. The van der Waals surface area contributed by atoms with Crippen LogP contribution in [0.4, 0.5) is 0 Å². The molecule has 1 amide bonds. The molecule has 2 fully saturated rings. The highest BCUT2D eigenvalue weighted by atomic mass is 16.4. The number of likely N-dealkylation sites (N-methyl/N-ethyl adjacent to an activating group) is 1. The molecule has 2 rings (SSSR count). The number of hydrogen-bond donors (Lipinski definition) is 1. The molecule has 1 unspecified atom stereocenters. The topological polar surface area (TPSA) is 60.9 Å². The van der Waals surface area contributed by atoms with Gasteiger partial charge in [-0.3, -0.25) is 9.59 Å². The maximum Gasteiger partial charge on any atom is 0.319 e. The number of likely N-dealkylation sites (tertiary alicyclic amines) is 1. The van der Waals surface area contributed by atoms with Gasteiger partial charge in [0.1, 0.15) is 5.41 Å². The van der Waals surface area contributed by atoms with Gasteiger partial charge in [0.25, 0.3) is 0 Å². The Kier molecular flexibility index (Phi) is 3.61. The highest BCUT2D eigenvalue weighted by Crippen LogP contribution is 2.43. The quantitative estimate of drug-likeness (QED) is 0.757. The first kappa shape index (κ1) is 13.3. The maximum absolute atomic E-state index is 12.4. The van der Waals surface area contributed by atoms with E-state index in [-0.39, 0.29) is 5.91 Å². The first-order valence-corrected chi connectivity index (χ1v) is 6.66. The number of carbonyl (C=O) groups excluding carboxylic acids is 1. The summed E-state index contributed by atoms with van der Waals surface area (Å²) in [5.74, 6) is -1.10. The molecule has 1 heterocycles. The average Bonchev–Trinajstić information content (AvgIpc) is 2.27. The van der Waals surface area contributed by atoms with Gasteiger partial charge in [-0.05, 0) is 39.8 Å². The van der Waals surface area contributed by atoms with Gasteiger partial charge >= 0.3 is 5.97 Å². The Hall–Kier alpha value is -1.10. The van der Waals surface area contributed by atoms with Crippen molar-refractivity contribution in [3.63, 3.8) is 0 Å². The molecule has 0 aromatic carbocycles. The zero-order valence-electron chi connectivity index (χ0n) is 11.2. The normalized spacial score (nSPS) is 26.8. The number of carbonyl (C=O) groups is 2. The van der Waals surface area contributed by atoms with Crippen LogP contribution in [0.25, 0.3) is 0 Å². The summed E-state index contributed by atoms with van der Waals surface area (Å²) >= 11 is 0. The van der Waals surface area contributed by atoms with Crippen LogP contribution in [0.5, 0.6) is 0 Å².